The summed E-state index contributed by atoms with van der Waals surface area (Å²) < 4.78 is 0. The number of hydrogen-bond donors (Lipinski definition) is 1. The fourth-order valence-electron chi connectivity index (χ4n) is 1.75. The number of benzene rings is 1. The molecule has 0 saturated heterocycles. The second-order valence-electron chi connectivity index (χ2n) is 4.33. The molecule has 0 aliphatic carbocycles. The van der Waals surface area contributed by atoms with E-state index in [1.165, 1.54) is 17.7 Å². The summed E-state index contributed by atoms with van der Waals surface area (Å²) in [7, 11) is 0. The quantitative estimate of drug-likeness (QED) is 0.721. The van der Waals surface area contributed by atoms with Crippen LogP contribution in [0.1, 0.15) is 33.6 Å². The van der Waals surface area contributed by atoms with Crippen molar-refractivity contribution in [3.8, 4) is 0 Å². The van der Waals surface area contributed by atoms with Crippen molar-refractivity contribution in [3.63, 3.8) is 0 Å². The Kier molecular flexibility index (Phi) is 6.58. The molecule has 2 atom stereocenters. The molecular formula is C14H23NS. The number of nitrogens with one attached hydrogen (secondary N) is 1. The Hall–Kier alpha value is -0.470. The highest BCUT2D eigenvalue weighted by Gasteiger charge is 2.08. The summed E-state index contributed by atoms with van der Waals surface area (Å²) in [5, 5.41) is 4.20. The largest absolute Gasteiger partial charge is 0.314 e. The van der Waals surface area contributed by atoms with Gasteiger partial charge in [-0.3, -0.25) is 0 Å². The maximum Gasteiger partial charge on any atom is 0.00807 e. The first-order chi connectivity index (χ1) is 7.72. The molecule has 0 radical (unpaired) electrons. The molecule has 0 aliphatic rings. The first-order valence-electron chi connectivity index (χ1n) is 6.17. The predicted molar refractivity (Wildman–Crippen MR) is 74.1 cm³/mol. The van der Waals surface area contributed by atoms with Gasteiger partial charge >= 0.3 is 0 Å². The molecule has 1 aromatic carbocycles. The van der Waals surface area contributed by atoms with Crippen LogP contribution in [0.3, 0.4) is 0 Å². The first kappa shape index (κ1) is 13.6. The molecule has 0 fully saturated rings. The number of thioether (sulfide) groups is 1. The fraction of sp³-hybridized carbons (Fsp3) is 0.571. The van der Waals surface area contributed by atoms with Crippen molar-refractivity contribution < 1.29 is 0 Å². The minimum Gasteiger partial charge on any atom is -0.314 e. The molecule has 1 N–H and O–H groups in total. The van der Waals surface area contributed by atoms with Crippen molar-refractivity contribution in [2.75, 3.05) is 6.54 Å². The minimum absolute atomic E-state index is 0.617. The lowest BCUT2D eigenvalue weighted by Crippen LogP contribution is -2.29. The molecule has 2 heteroatoms. The summed E-state index contributed by atoms with van der Waals surface area (Å²) in [6.45, 7) is 7.92. The molecule has 0 aromatic heterocycles. The highest BCUT2D eigenvalue weighted by molar-refractivity contribution is 7.99. The van der Waals surface area contributed by atoms with Gasteiger partial charge < -0.3 is 5.32 Å². The van der Waals surface area contributed by atoms with E-state index < -0.39 is 0 Å². The Morgan fingerprint density at radius 3 is 2.50 bits per heavy atom. The van der Waals surface area contributed by atoms with E-state index in [0.717, 1.165) is 6.54 Å². The van der Waals surface area contributed by atoms with Gasteiger partial charge in [0.15, 0.2) is 0 Å². The van der Waals surface area contributed by atoms with Crippen molar-refractivity contribution in [2.24, 2.45) is 0 Å². The van der Waals surface area contributed by atoms with Gasteiger partial charge in [-0.1, -0.05) is 32.0 Å². The van der Waals surface area contributed by atoms with Crippen LogP contribution in [0.5, 0.6) is 0 Å². The van der Waals surface area contributed by atoms with Gasteiger partial charge in [0.25, 0.3) is 0 Å². The lowest BCUT2D eigenvalue weighted by Gasteiger charge is -2.18. The van der Waals surface area contributed by atoms with Crippen molar-refractivity contribution in [2.45, 2.75) is 49.8 Å². The summed E-state index contributed by atoms with van der Waals surface area (Å²) in [5.74, 6) is 0. The second-order valence-corrected chi connectivity index (χ2v) is 5.84. The van der Waals surface area contributed by atoms with Crippen molar-refractivity contribution in [1.82, 2.24) is 5.32 Å². The van der Waals surface area contributed by atoms with Crippen LogP contribution in [-0.2, 0) is 0 Å². The van der Waals surface area contributed by atoms with E-state index in [4.69, 9.17) is 0 Å². The summed E-state index contributed by atoms with van der Waals surface area (Å²) in [6.07, 6.45) is 2.43. The third-order valence-corrected chi connectivity index (χ3v) is 3.65. The predicted octanol–water partition coefficient (Wildman–Crippen LogP) is 3.95. The van der Waals surface area contributed by atoms with E-state index in [2.05, 4.69) is 56.4 Å². The molecule has 0 aliphatic heterocycles. The van der Waals surface area contributed by atoms with E-state index in [9.17, 15) is 0 Å². The van der Waals surface area contributed by atoms with Gasteiger partial charge in [0.1, 0.15) is 0 Å². The third-order valence-electron chi connectivity index (χ3n) is 2.51. The summed E-state index contributed by atoms with van der Waals surface area (Å²) in [4.78, 5) is 1.37. The van der Waals surface area contributed by atoms with E-state index in [-0.39, 0.29) is 0 Å². The fourth-order valence-corrected chi connectivity index (χ4v) is 2.92. The maximum atomic E-state index is 3.54. The van der Waals surface area contributed by atoms with Crippen LogP contribution in [0.4, 0.5) is 0 Å². The van der Waals surface area contributed by atoms with Crippen LogP contribution < -0.4 is 5.32 Å². The Labute approximate surface area is 104 Å². The van der Waals surface area contributed by atoms with Gasteiger partial charge in [-0.15, -0.1) is 11.8 Å². The van der Waals surface area contributed by atoms with E-state index >= 15 is 0 Å². The molecule has 1 nitrogen and oxygen atoms in total. The molecule has 0 spiro atoms. The Morgan fingerprint density at radius 2 is 1.88 bits per heavy atom. The molecule has 0 bridgehead atoms. The van der Waals surface area contributed by atoms with Gasteiger partial charge in [0.05, 0.1) is 0 Å². The van der Waals surface area contributed by atoms with Gasteiger partial charge in [0.2, 0.25) is 0 Å². The topological polar surface area (TPSA) is 12.0 Å². The van der Waals surface area contributed by atoms with Crippen LogP contribution >= 0.6 is 11.8 Å². The Balaban J connectivity index is 2.27. The molecular weight excluding hydrogens is 214 g/mol. The number of hydrogen-bond acceptors (Lipinski definition) is 2. The van der Waals surface area contributed by atoms with Crippen LogP contribution in [0.15, 0.2) is 35.2 Å². The molecule has 0 saturated carbocycles. The zero-order valence-electron chi connectivity index (χ0n) is 10.6. The van der Waals surface area contributed by atoms with Gasteiger partial charge in [-0.05, 0) is 38.4 Å². The van der Waals surface area contributed by atoms with Crippen LogP contribution in [0.25, 0.3) is 0 Å². The zero-order chi connectivity index (χ0) is 11.8. The highest BCUT2D eigenvalue weighted by Crippen LogP contribution is 2.25. The SMILES string of the molecule is CCCNC(C)CC(C)Sc1ccccc1. The average Bonchev–Trinajstić information content (AvgIpc) is 2.27. The van der Waals surface area contributed by atoms with Crippen molar-refractivity contribution in [1.29, 1.82) is 0 Å². The second kappa shape index (κ2) is 7.75. The Bertz CT molecular complexity index is 273. The normalized spacial score (nSPS) is 14.7. The van der Waals surface area contributed by atoms with Crippen LogP contribution in [-0.4, -0.2) is 17.8 Å². The lowest BCUT2D eigenvalue weighted by atomic mass is 10.2. The zero-order valence-corrected chi connectivity index (χ0v) is 11.4. The minimum atomic E-state index is 0.617. The van der Waals surface area contributed by atoms with E-state index in [0.29, 0.717) is 11.3 Å². The van der Waals surface area contributed by atoms with Gasteiger partial charge in [0, 0.05) is 16.2 Å². The molecule has 1 rings (SSSR count). The molecule has 0 amide bonds. The summed E-state index contributed by atoms with van der Waals surface area (Å²) in [5.41, 5.74) is 0. The molecule has 0 heterocycles. The Morgan fingerprint density at radius 1 is 1.19 bits per heavy atom. The van der Waals surface area contributed by atoms with Gasteiger partial charge in [-0.2, -0.15) is 0 Å². The lowest BCUT2D eigenvalue weighted by molar-refractivity contribution is 0.513. The van der Waals surface area contributed by atoms with Crippen molar-refractivity contribution >= 4 is 11.8 Å². The summed E-state index contributed by atoms with van der Waals surface area (Å²) in [6, 6.07) is 11.3. The molecule has 16 heavy (non-hydrogen) atoms. The monoisotopic (exact) mass is 237 g/mol. The number of rotatable bonds is 7. The average molecular weight is 237 g/mol. The smallest absolute Gasteiger partial charge is 0.00807 e. The van der Waals surface area contributed by atoms with Crippen molar-refractivity contribution in [3.05, 3.63) is 30.3 Å². The first-order valence-corrected chi connectivity index (χ1v) is 7.05. The molecule has 2 unspecified atom stereocenters. The molecule has 90 valence electrons. The van der Waals surface area contributed by atoms with E-state index in [1.54, 1.807) is 0 Å². The van der Waals surface area contributed by atoms with E-state index in [1.807, 2.05) is 11.8 Å². The maximum absolute atomic E-state index is 3.54. The van der Waals surface area contributed by atoms with Crippen LogP contribution in [0, 0.1) is 0 Å². The summed E-state index contributed by atoms with van der Waals surface area (Å²) >= 11 is 1.97. The van der Waals surface area contributed by atoms with Crippen LogP contribution in [0.2, 0.25) is 0 Å². The molecule has 1 aromatic rings. The standard InChI is InChI=1S/C14H23NS/c1-4-10-15-12(2)11-13(3)16-14-8-6-5-7-9-14/h5-9,12-13,15H,4,10-11H2,1-3H3. The third kappa shape index (κ3) is 5.57. The van der Waals surface area contributed by atoms with Gasteiger partial charge in [-0.25, -0.2) is 0 Å². The highest BCUT2D eigenvalue weighted by atomic mass is 32.2.